The number of carboxylic acids is 1. The van der Waals surface area contributed by atoms with Crippen molar-refractivity contribution in [3.8, 4) is 0 Å². The molecule has 2 N–H and O–H groups in total. The third-order valence-electron chi connectivity index (χ3n) is 9.94. The highest BCUT2D eigenvalue weighted by molar-refractivity contribution is 6.74. The molecule has 9 heteroatoms. The smallest absolute Gasteiger partial charge is 0.407 e. The molecule has 4 unspecified atom stereocenters. The Hall–Kier alpha value is -2.36. The predicted molar refractivity (Wildman–Crippen MR) is 196 cm³/mol. The zero-order valence-electron chi connectivity index (χ0n) is 32.0. The molecular formula is C38H66N2O6Si. The number of hydrogen-bond donors (Lipinski definition) is 2. The Balaban J connectivity index is 2.57. The van der Waals surface area contributed by atoms with Crippen molar-refractivity contribution in [2.75, 3.05) is 13.7 Å². The maximum Gasteiger partial charge on any atom is 0.407 e. The van der Waals surface area contributed by atoms with E-state index in [1.54, 1.807) is 7.11 Å². The van der Waals surface area contributed by atoms with Crippen molar-refractivity contribution >= 4 is 31.3 Å². The Morgan fingerprint density at radius 3 is 2.15 bits per heavy atom. The van der Waals surface area contributed by atoms with Crippen LogP contribution >= 0.6 is 0 Å². The van der Waals surface area contributed by atoms with Gasteiger partial charge in [0.1, 0.15) is 5.60 Å². The second-order valence-electron chi connectivity index (χ2n) is 16.8. The molecule has 0 fully saturated rings. The quantitative estimate of drug-likeness (QED) is 0.128. The average Bonchev–Trinajstić information content (AvgIpc) is 3.22. The van der Waals surface area contributed by atoms with E-state index >= 15 is 0 Å². The summed E-state index contributed by atoms with van der Waals surface area (Å²) in [5.41, 5.74) is 3.11. The van der Waals surface area contributed by atoms with E-state index in [-0.39, 0.29) is 16.9 Å². The van der Waals surface area contributed by atoms with Gasteiger partial charge in [0.05, 0.1) is 18.1 Å². The first-order chi connectivity index (χ1) is 21.6. The van der Waals surface area contributed by atoms with Gasteiger partial charge in [-0.25, -0.2) is 4.79 Å². The highest BCUT2D eigenvalue weighted by Crippen LogP contribution is 2.40. The normalized spacial score (nSPS) is 15.6. The van der Waals surface area contributed by atoms with Gasteiger partial charge in [-0.2, -0.15) is 0 Å². The van der Waals surface area contributed by atoms with Gasteiger partial charge in [-0.3, -0.25) is 4.79 Å². The molecular weight excluding hydrogens is 609 g/mol. The standard InChI is InChI=1S/C38H66N2O6Si/c1-25(2)29(20-27-17-18-33-31(21-27)28(24-40(33)11)16-15-19-44-12)22-32(39-36(43)45-37(5,6)7)34(23-30(26(3)4)35(41)42)46-47(13,14)38(8,9)10/h17-18,21,24-26,29-30,32,34H,15-16,19-20,22-23H2,1-14H3,(H,39,43)(H,41,42). The first-order valence-electron chi connectivity index (χ1n) is 17.5. The van der Waals surface area contributed by atoms with Crippen LogP contribution in [0, 0.1) is 23.7 Å². The average molecular weight is 675 g/mol. The number of aliphatic carboxylic acids is 1. The van der Waals surface area contributed by atoms with Crippen LogP contribution < -0.4 is 5.32 Å². The lowest BCUT2D eigenvalue weighted by Gasteiger charge is -2.43. The Morgan fingerprint density at radius 1 is 1.00 bits per heavy atom. The van der Waals surface area contributed by atoms with Gasteiger partial charge < -0.3 is 28.9 Å². The molecule has 47 heavy (non-hydrogen) atoms. The van der Waals surface area contributed by atoms with Gasteiger partial charge in [-0.15, -0.1) is 0 Å². The Labute approximate surface area is 286 Å². The van der Waals surface area contributed by atoms with Crippen LogP contribution in [0.2, 0.25) is 18.1 Å². The molecule has 0 saturated heterocycles. The van der Waals surface area contributed by atoms with Crippen molar-refractivity contribution in [3.05, 3.63) is 35.5 Å². The van der Waals surface area contributed by atoms with E-state index in [4.69, 9.17) is 13.9 Å². The van der Waals surface area contributed by atoms with Crippen molar-refractivity contribution in [2.45, 2.75) is 137 Å². The van der Waals surface area contributed by atoms with E-state index in [9.17, 15) is 14.7 Å². The van der Waals surface area contributed by atoms with E-state index in [0.29, 0.717) is 18.8 Å². The number of benzene rings is 1. The zero-order chi connectivity index (χ0) is 35.9. The fourth-order valence-electron chi connectivity index (χ4n) is 5.99. The number of rotatable bonds is 17. The number of carboxylic acid groups (broad SMARTS) is 1. The molecule has 8 nitrogen and oxygen atoms in total. The Morgan fingerprint density at radius 2 is 1.64 bits per heavy atom. The van der Waals surface area contributed by atoms with Crippen molar-refractivity contribution in [2.24, 2.45) is 30.7 Å². The molecule has 2 aromatic rings. The van der Waals surface area contributed by atoms with Gasteiger partial charge in [-0.05, 0) is 112 Å². The summed E-state index contributed by atoms with van der Waals surface area (Å²) in [6.45, 7) is 25.6. The van der Waals surface area contributed by atoms with Crippen molar-refractivity contribution in [3.63, 3.8) is 0 Å². The lowest BCUT2D eigenvalue weighted by molar-refractivity contribution is -0.144. The zero-order valence-corrected chi connectivity index (χ0v) is 33.0. The van der Waals surface area contributed by atoms with E-state index in [0.717, 1.165) is 25.9 Å². The first kappa shape index (κ1) is 40.8. The molecule has 0 aliphatic carbocycles. The number of nitrogens with one attached hydrogen (secondary N) is 1. The van der Waals surface area contributed by atoms with Gasteiger partial charge in [0.2, 0.25) is 0 Å². The number of carbonyl (C=O) groups is 2. The monoisotopic (exact) mass is 674 g/mol. The summed E-state index contributed by atoms with van der Waals surface area (Å²) >= 11 is 0. The number of carbonyl (C=O) groups excluding carboxylic acids is 1. The van der Waals surface area contributed by atoms with Crippen LogP contribution in [0.4, 0.5) is 4.79 Å². The number of aryl methyl sites for hydroxylation is 2. The third kappa shape index (κ3) is 12.2. The van der Waals surface area contributed by atoms with Crippen molar-refractivity contribution in [1.29, 1.82) is 0 Å². The second kappa shape index (κ2) is 16.8. The molecule has 1 aromatic carbocycles. The SMILES string of the molecule is COCCCc1cn(C)c2ccc(CC(CC(NC(=O)OC(C)(C)C)C(CC(C(=O)O)C(C)C)O[Si](C)(C)C(C)(C)C)C(C)C)cc12. The van der Waals surface area contributed by atoms with E-state index < -0.39 is 44.0 Å². The number of fused-ring (bicyclic) bond motifs is 1. The maximum absolute atomic E-state index is 13.4. The van der Waals surface area contributed by atoms with Gasteiger partial charge in [0.15, 0.2) is 8.32 Å². The molecule has 1 amide bonds. The number of nitrogens with zero attached hydrogens (tertiary/aromatic N) is 1. The molecule has 2 rings (SSSR count). The molecule has 0 aliphatic rings. The fraction of sp³-hybridized carbons (Fsp3) is 0.737. The summed E-state index contributed by atoms with van der Waals surface area (Å²) in [6.07, 6.45) is 4.92. The van der Waals surface area contributed by atoms with Gasteiger partial charge >= 0.3 is 12.1 Å². The number of amides is 1. The number of ether oxygens (including phenoxy) is 2. The number of hydrogen-bond acceptors (Lipinski definition) is 5. The van der Waals surface area contributed by atoms with Crippen molar-refractivity contribution in [1.82, 2.24) is 9.88 Å². The van der Waals surface area contributed by atoms with Gasteiger partial charge in [0, 0.05) is 37.9 Å². The first-order valence-corrected chi connectivity index (χ1v) is 20.4. The van der Waals surface area contributed by atoms with Gasteiger partial charge in [-0.1, -0.05) is 54.5 Å². The highest BCUT2D eigenvalue weighted by Gasteiger charge is 2.43. The lowest BCUT2D eigenvalue weighted by atomic mass is 9.80. The molecule has 0 saturated carbocycles. The van der Waals surface area contributed by atoms with E-state index in [1.807, 2.05) is 34.6 Å². The Bertz CT molecular complexity index is 1300. The molecule has 4 atom stereocenters. The van der Waals surface area contributed by atoms with Crippen LogP contribution in [0.25, 0.3) is 10.9 Å². The van der Waals surface area contributed by atoms with Crippen LogP contribution in [-0.4, -0.2) is 61.5 Å². The fourth-order valence-corrected chi connectivity index (χ4v) is 7.37. The summed E-state index contributed by atoms with van der Waals surface area (Å²) in [5, 5.41) is 14.6. The summed E-state index contributed by atoms with van der Waals surface area (Å²) in [4.78, 5) is 25.9. The topological polar surface area (TPSA) is 99.0 Å². The van der Waals surface area contributed by atoms with E-state index in [2.05, 4.69) is 89.0 Å². The number of methoxy groups -OCH3 is 1. The molecule has 268 valence electrons. The highest BCUT2D eigenvalue weighted by atomic mass is 28.4. The molecule has 1 heterocycles. The molecule has 1 aromatic heterocycles. The van der Waals surface area contributed by atoms with Crippen LogP contribution in [-0.2, 0) is 38.6 Å². The van der Waals surface area contributed by atoms with Crippen LogP contribution in [0.5, 0.6) is 0 Å². The van der Waals surface area contributed by atoms with E-state index in [1.165, 1.54) is 22.0 Å². The largest absolute Gasteiger partial charge is 0.481 e. The van der Waals surface area contributed by atoms with Gasteiger partial charge in [0.25, 0.3) is 0 Å². The molecule has 0 radical (unpaired) electrons. The molecule has 0 bridgehead atoms. The maximum atomic E-state index is 13.4. The Kier molecular flexibility index (Phi) is 14.6. The van der Waals surface area contributed by atoms with Crippen molar-refractivity contribution < 1.29 is 28.6 Å². The minimum Gasteiger partial charge on any atom is -0.481 e. The minimum atomic E-state index is -2.36. The summed E-state index contributed by atoms with van der Waals surface area (Å²) in [5.74, 6) is -1.03. The summed E-state index contributed by atoms with van der Waals surface area (Å²) < 4.78 is 20.3. The summed E-state index contributed by atoms with van der Waals surface area (Å²) in [7, 11) is 1.47. The third-order valence-corrected chi connectivity index (χ3v) is 14.4. The van der Waals surface area contributed by atoms with Crippen LogP contribution in [0.1, 0.15) is 99.6 Å². The minimum absolute atomic E-state index is 0.0863. The number of aromatic nitrogens is 1. The molecule has 0 spiro atoms. The van der Waals surface area contributed by atoms with Crippen LogP contribution in [0.3, 0.4) is 0 Å². The van der Waals surface area contributed by atoms with Crippen LogP contribution in [0.15, 0.2) is 24.4 Å². The number of alkyl carbamates (subject to hydrolysis) is 1. The predicted octanol–water partition coefficient (Wildman–Crippen LogP) is 8.99. The summed E-state index contributed by atoms with van der Waals surface area (Å²) in [6, 6.07) is 6.32. The second-order valence-corrected chi connectivity index (χ2v) is 21.5. The molecule has 0 aliphatic heterocycles. The lowest BCUT2D eigenvalue weighted by Crippen LogP contribution is -2.54.